The van der Waals surface area contributed by atoms with E-state index in [4.69, 9.17) is 0 Å². The minimum absolute atomic E-state index is 0.699. The number of rotatable bonds is 5. The highest BCUT2D eigenvalue weighted by Crippen LogP contribution is 2.08. The Morgan fingerprint density at radius 1 is 1.09 bits per heavy atom. The first-order valence-corrected chi connectivity index (χ1v) is 4.89. The lowest BCUT2D eigenvalue weighted by atomic mass is 10.1. The van der Waals surface area contributed by atoms with Crippen molar-refractivity contribution in [2.24, 2.45) is 0 Å². The van der Waals surface area contributed by atoms with Gasteiger partial charge in [0.05, 0.1) is 0 Å². The van der Waals surface area contributed by atoms with E-state index in [-0.39, 0.29) is 0 Å². The third-order valence-electron chi connectivity index (χ3n) is 2.30. The van der Waals surface area contributed by atoms with Gasteiger partial charge in [0, 0.05) is 12.1 Å². The van der Waals surface area contributed by atoms with E-state index in [0.717, 1.165) is 6.04 Å². The zero-order valence-electron chi connectivity index (χ0n) is 8.72. The van der Waals surface area contributed by atoms with E-state index in [1.165, 1.54) is 19.4 Å². The van der Waals surface area contributed by atoms with E-state index < -0.39 is 0 Å². The van der Waals surface area contributed by atoms with Crippen LogP contribution in [0.1, 0.15) is 47.5 Å². The van der Waals surface area contributed by atoms with E-state index >= 15 is 0 Å². The molecule has 0 rings (SSSR count). The Morgan fingerprint density at radius 3 is 1.91 bits per heavy atom. The van der Waals surface area contributed by atoms with Gasteiger partial charge < -0.3 is 0 Å². The van der Waals surface area contributed by atoms with Gasteiger partial charge in [-0.1, -0.05) is 13.8 Å². The van der Waals surface area contributed by atoms with Gasteiger partial charge >= 0.3 is 0 Å². The predicted octanol–water partition coefficient (Wildman–Crippen LogP) is 2.91. The lowest BCUT2D eigenvalue weighted by molar-refractivity contribution is 0.160. The van der Waals surface area contributed by atoms with Crippen molar-refractivity contribution in [2.45, 2.75) is 59.5 Å². The summed E-state index contributed by atoms with van der Waals surface area (Å²) in [5.41, 5.74) is 0. The third-order valence-corrected chi connectivity index (χ3v) is 2.30. The molecule has 11 heavy (non-hydrogen) atoms. The van der Waals surface area contributed by atoms with Gasteiger partial charge in [-0.2, -0.15) is 0 Å². The summed E-state index contributed by atoms with van der Waals surface area (Å²) >= 11 is 0. The fourth-order valence-electron chi connectivity index (χ4n) is 1.48. The molecular formula is C10H23N. The zero-order valence-corrected chi connectivity index (χ0v) is 8.72. The summed E-state index contributed by atoms with van der Waals surface area (Å²) in [6.45, 7) is 12.6. The Labute approximate surface area is 71.8 Å². The van der Waals surface area contributed by atoms with Gasteiger partial charge in [0.25, 0.3) is 0 Å². The molecule has 0 fully saturated rings. The molecule has 0 heterocycles. The Bertz CT molecular complexity index is 88.9. The molecule has 1 nitrogen and oxygen atoms in total. The van der Waals surface area contributed by atoms with E-state index in [9.17, 15) is 0 Å². The molecule has 0 spiro atoms. The molecule has 68 valence electrons. The number of hydrogen-bond donors (Lipinski definition) is 0. The topological polar surface area (TPSA) is 3.24 Å². The van der Waals surface area contributed by atoms with Gasteiger partial charge in [-0.15, -0.1) is 0 Å². The predicted molar refractivity (Wildman–Crippen MR) is 51.9 cm³/mol. The van der Waals surface area contributed by atoms with Gasteiger partial charge in [0.1, 0.15) is 0 Å². The highest BCUT2D eigenvalue weighted by Gasteiger charge is 2.13. The number of hydrogen-bond acceptors (Lipinski definition) is 1. The van der Waals surface area contributed by atoms with Crippen molar-refractivity contribution in [3.8, 4) is 0 Å². The minimum Gasteiger partial charge on any atom is -0.298 e. The van der Waals surface area contributed by atoms with Crippen LogP contribution < -0.4 is 0 Å². The van der Waals surface area contributed by atoms with Crippen molar-refractivity contribution >= 4 is 0 Å². The van der Waals surface area contributed by atoms with E-state index in [1.807, 2.05) is 0 Å². The van der Waals surface area contributed by atoms with Crippen molar-refractivity contribution < 1.29 is 0 Å². The van der Waals surface area contributed by atoms with E-state index in [0.29, 0.717) is 6.04 Å². The first-order valence-electron chi connectivity index (χ1n) is 4.89. The summed E-state index contributed by atoms with van der Waals surface area (Å²) < 4.78 is 0. The molecule has 1 atom stereocenters. The van der Waals surface area contributed by atoms with Gasteiger partial charge in [0.2, 0.25) is 0 Å². The second-order valence-electron chi connectivity index (χ2n) is 3.59. The largest absolute Gasteiger partial charge is 0.298 e. The zero-order chi connectivity index (χ0) is 8.85. The molecule has 0 aliphatic rings. The van der Waals surface area contributed by atoms with Gasteiger partial charge in [0.15, 0.2) is 0 Å². The third kappa shape index (κ3) is 3.76. The van der Waals surface area contributed by atoms with Crippen molar-refractivity contribution in [1.82, 2.24) is 4.90 Å². The van der Waals surface area contributed by atoms with E-state index in [2.05, 4.69) is 39.5 Å². The van der Waals surface area contributed by atoms with E-state index in [1.54, 1.807) is 0 Å². The maximum absolute atomic E-state index is 2.57. The lowest BCUT2D eigenvalue weighted by Crippen LogP contribution is -2.38. The van der Waals surface area contributed by atoms with Crippen LogP contribution >= 0.6 is 0 Å². The molecule has 0 unspecified atom stereocenters. The molecule has 0 bridgehead atoms. The van der Waals surface area contributed by atoms with Crippen molar-refractivity contribution in [1.29, 1.82) is 0 Å². The molecule has 0 saturated carbocycles. The first kappa shape index (κ1) is 11.0. The number of nitrogens with zero attached hydrogens (tertiary/aromatic N) is 1. The van der Waals surface area contributed by atoms with Gasteiger partial charge in [-0.05, 0) is 40.2 Å². The Kier molecular flexibility index (Phi) is 5.57. The van der Waals surface area contributed by atoms with Gasteiger partial charge in [-0.3, -0.25) is 4.90 Å². The van der Waals surface area contributed by atoms with Crippen LogP contribution in [0.3, 0.4) is 0 Å². The monoisotopic (exact) mass is 157 g/mol. The summed E-state index contributed by atoms with van der Waals surface area (Å²) in [6, 6.07) is 1.44. The molecule has 0 N–H and O–H groups in total. The summed E-state index contributed by atoms with van der Waals surface area (Å²) in [5.74, 6) is 0. The Balaban J connectivity index is 3.87. The lowest BCUT2D eigenvalue weighted by Gasteiger charge is -2.31. The standard InChI is InChI=1S/C10H23N/c1-6-8-11(9(3)4)10(5)7-2/h9-10H,6-8H2,1-5H3/t10-/m0/s1. The van der Waals surface area contributed by atoms with Crippen LogP contribution in [0.25, 0.3) is 0 Å². The Morgan fingerprint density at radius 2 is 1.64 bits per heavy atom. The van der Waals surface area contributed by atoms with Crippen molar-refractivity contribution in [3.05, 3.63) is 0 Å². The molecule has 1 heteroatoms. The van der Waals surface area contributed by atoms with Crippen molar-refractivity contribution in [3.63, 3.8) is 0 Å². The summed E-state index contributed by atoms with van der Waals surface area (Å²) in [4.78, 5) is 2.57. The molecule has 0 radical (unpaired) electrons. The van der Waals surface area contributed by atoms with Crippen LogP contribution in [0.4, 0.5) is 0 Å². The summed E-state index contributed by atoms with van der Waals surface area (Å²) in [6.07, 6.45) is 2.53. The molecule has 0 saturated heterocycles. The highest BCUT2D eigenvalue weighted by atomic mass is 15.2. The smallest absolute Gasteiger partial charge is 0.00670 e. The Hall–Kier alpha value is -0.0400. The fraction of sp³-hybridized carbons (Fsp3) is 1.00. The normalized spacial score (nSPS) is 14.5. The molecule has 0 aliphatic carbocycles. The van der Waals surface area contributed by atoms with Gasteiger partial charge in [-0.25, -0.2) is 0 Å². The minimum atomic E-state index is 0.699. The maximum atomic E-state index is 2.57. The molecule has 0 aliphatic heterocycles. The second kappa shape index (κ2) is 5.59. The maximum Gasteiger partial charge on any atom is 0.00670 e. The molecule has 0 aromatic carbocycles. The first-order chi connectivity index (χ1) is 5.13. The highest BCUT2D eigenvalue weighted by molar-refractivity contribution is 4.68. The molecule has 0 aromatic rings. The van der Waals surface area contributed by atoms with Crippen LogP contribution in [0.5, 0.6) is 0 Å². The SMILES string of the molecule is CCCN(C(C)C)[C@@H](C)CC. The quantitative estimate of drug-likeness (QED) is 0.593. The fourth-order valence-corrected chi connectivity index (χ4v) is 1.48. The van der Waals surface area contributed by atoms with Crippen molar-refractivity contribution in [2.75, 3.05) is 6.54 Å². The molecular weight excluding hydrogens is 134 g/mol. The average molecular weight is 157 g/mol. The van der Waals surface area contributed by atoms with Crippen LogP contribution in [0, 0.1) is 0 Å². The summed E-state index contributed by atoms with van der Waals surface area (Å²) in [7, 11) is 0. The van der Waals surface area contributed by atoms with Crippen LogP contribution in [-0.4, -0.2) is 23.5 Å². The van der Waals surface area contributed by atoms with Crippen LogP contribution in [0.15, 0.2) is 0 Å². The second-order valence-corrected chi connectivity index (χ2v) is 3.59. The van der Waals surface area contributed by atoms with Crippen LogP contribution in [0.2, 0.25) is 0 Å². The molecule has 0 aromatic heterocycles. The summed E-state index contributed by atoms with van der Waals surface area (Å²) in [5, 5.41) is 0. The van der Waals surface area contributed by atoms with Crippen LogP contribution in [-0.2, 0) is 0 Å². The average Bonchev–Trinajstić information content (AvgIpc) is 1.98. The molecule has 0 amide bonds.